The SMILES string of the molecule is CC(C)c1ccc([C@]2(C)CNCCO2)cc1. The Morgan fingerprint density at radius 2 is 1.94 bits per heavy atom. The highest BCUT2D eigenvalue weighted by molar-refractivity contribution is 5.29. The minimum absolute atomic E-state index is 0.159. The van der Waals surface area contributed by atoms with Crippen molar-refractivity contribution in [3.63, 3.8) is 0 Å². The molecule has 1 N–H and O–H groups in total. The number of hydrogen-bond donors (Lipinski definition) is 1. The molecular weight excluding hydrogens is 198 g/mol. The van der Waals surface area contributed by atoms with Crippen molar-refractivity contribution < 1.29 is 4.74 Å². The third-order valence-corrected chi connectivity index (χ3v) is 3.35. The maximum Gasteiger partial charge on any atom is 0.103 e. The fraction of sp³-hybridized carbons (Fsp3) is 0.571. The van der Waals surface area contributed by atoms with Gasteiger partial charge in [-0.3, -0.25) is 0 Å². The molecule has 0 aromatic heterocycles. The number of ether oxygens (including phenoxy) is 1. The second-order valence-corrected chi connectivity index (χ2v) is 5.03. The molecule has 88 valence electrons. The molecule has 1 aliphatic rings. The largest absolute Gasteiger partial charge is 0.368 e. The van der Waals surface area contributed by atoms with Gasteiger partial charge in [0.25, 0.3) is 0 Å². The highest BCUT2D eigenvalue weighted by atomic mass is 16.5. The average molecular weight is 219 g/mol. The lowest BCUT2D eigenvalue weighted by molar-refractivity contribution is -0.0572. The molecule has 0 spiro atoms. The first-order valence-corrected chi connectivity index (χ1v) is 6.07. The fourth-order valence-electron chi connectivity index (χ4n) is 2.13. The zero-order valence-electron chi connectivity index (χ0n) is 10.4. The van der Waals surface area contributed by atoms with Crippen molar-refractivity contribution in [1.29, 1.82) is 0 Å². The molecule has 0 radical (unpaired) electrons. The Morgan fingerprint density at radius 3 is 2.44 bits per heavy atom. The van der Waals surface area contributed by atoms with Crippen molar-refractivity contribution in [2.45, 2.75) is 32.3 Å². The van der Waals surface area contributed by atoms with E-state index < -0.39 is 0 Å². The average Bonchev–Trinajstić information content (AvgIpc) is 2.30. The minimum atomic E-state index is -0.159. The third-order valence-electron chi connectivity index (χ3n) is 3.35. The summed E-state index contributed by atoms with van der Waals surface area (Å²) in [7, 11) is 0. The molecule has 16 heavy (non-hydrogen) atoms. The molecule has 1 atom stereocenters. The van der Waals surface area contributed by atoms with Gasteiger partial charge in [0.05, 0.1) is 6.61 Å². The first-order chi connectivity index (χ1) is 7.62. The van der Waals surface area contributed by atoms with Gasteiger partial charge in [0.1, 0.15) is 5.60 Å². The Labute approximate surface area is 98.0 Å². The van der Waals surface area contributed by atoms with E-state index in [0.29, 0.717) is 5.92 Å². The summed E-state index contributed by atoms with van der Waals surface area (Å²) < 4.78 is 5.89. The van der Waals surface area contributed by atoms with Crippen LogP contribution in [0.3, 0.4) is 0 Å². The standard InChI is InChI=1S/C14H21NO/c1-11(2)12-4-6-13(7-5-12)14(3)10-15-8-9-16-14/h4-7,11,15H,8-10H2,1-3H3/t14-/m0/s1. The van der Waals surface area contributed by atoms with Crippen molar-refractivity contribution >= 4 is 0 Å². The van der Waals surface area contributed by atoms with Crippen LogP contribution in [0.5, 0.6) is 0 Å². The quantitative estimate of drug-likeness (QED) is 0.825. The highest BCUT2D eigenvalue weighted by Crippen LogP contribution is 2.27. The van der Waals surface area contributed by atoms with Crippen molar-refractivity contribution in [3.05, 3.63) is 35.4 Å². The zero-order valence-corrected chi connectivity index (χ0v) is 10.4. The van der Waals surface area contributed by atoms with E-state index in [1.165, 1.54) is 11.1 Å². The molecule has 0 saturated carbocycles. The van der Waals surface area contributed by atoms with E-state index in [2.05, 4.69) is 50.4 Å². The third kappa shape index (κ3) is 2.28. The Hall–Kier alpha value is -0.860. The topological polar surface area (TPSA) is 21.3 Å². The van der Waals surface area contributed by atoms with E-state index >= 15 is 0 Å². The molecular formula is C14H21NO. The summed E-state index contributed by atoms with van der Waals surface area (Å²) in [6, 6.07) is 8.82. The second-order valence-electron chi connectivity index (χ2n) is 5.03. The summed E-state index contributed by atoms with van der Waals surface area (Å²) in [6.45, 7) is 9.24. The lowest BCUT2D eigenvalue weighted by atomic mass is 9.92. The molecule has 2 heteroatoms. The van der Waals surface area contributed by atoms with Gasteiger partial charge >= 0.3 is 0 Å². The monoisotopic (exact) mass is 219 g/mol. The van der Waals surface area contributed by atoms with Crippen LogP contribution in [0.4, 0.5) is 0 Å². The van der Waals surface area contributed by atoms with Gasteiger partial charge in [-0.25, -0.2) is 0 Å². The summed E-state index contributed by atoms with van der Waals surface area (Å²) in [5.41, 5.74) is 2.49. The molecule has 0 aliphatic carbocycles. The summed E-state index contributed by atoms with van der Waals surface area (Å²) in [6.07, 6.45) is 0. The van der Waals surface area contributed by atoms with Crippen molar-refractivity contribution in [2.24, 2.45) is 0 Å². The highest BCUT2D eigenvalue weighted by Gasteiger charge is 2.29. The van der Waals surface area contributed by atoms with E-state index in [0.717, 1.165) is 19.7 Å². The molecule has 1 aromatic carbocycles. The summed E-state index contributed by atoms with van der Waals surface area (Å²) >= 11 is 0. The number of benzene rings is 1. The van der Waals surface area contributed by atoms with Gasteiger partial charge < -0.3 is 10.1 Å². The van der Waals surface area contributed by atoms with Gasteiger partial charge in [0.15, 0.2) is 0 Å². The van der Waals surface area contributed by atoms with Crippen LogP contribution in [0.15, 0.2) is 24.3 Å². The molecule has 0 unspecified atom stereocenters. The smallest absolute Gasteiger partial charge is 0.103 e. The van der Waals surface area contributed by atoms with Crippen LogP contribution < -0.4 is 5.32 Å². The summed E-state index contributed by atoms with van der Waals surface area (Å²) in [5, 5.41) is 3.39. The van der Waals surface area contributed by atoms with Crippen LogP contribution in [-0.2, 0) is 10.3 Å². The van der Waals surface area contributed by atoms with Crippen molar-refractivity contribution in [1.82, 2.24) is 5.32 Å². The Kier molecular flexibility index (Phi) is 3.31. The molecule has 1 aromatic rings. The van der Waals surface area contributed by atoms with E-state index in [-0.39, 0.29) is 5.60 Å². The maximum absolute atomic E-state index is 5.89. The maximum atomic E-state index is 5.89. The number of hydrogen-bond acceptors (Lipinski definition) is 2. The predicted octanol–water partition coefficient (Wildman–Crippen LogP) is 2.65. The van der Waals surface area contributed by atoms with Crippen molar-refractivity contribution in [2.75, 3.05) is 19.7 Å². The number of rotatable bonds is 2. The number of morpholine rings is 1. The minimum Gasteiger partial charge on any atom is -0.368 e. The Morgan fingerprint density at radius 1 is 1.25 bits per heavy atom. The van der Waals surface area contributed by atoms with Gasteiger partial charge in [-0.1, -0.05) is 38.1 Å². The molecule has 0 amide bonds. The van der Waals surface area contributed by atoms with Crippen LogP contribution in [0.1, 0.15) is 37.8 Å². The van der Waals surface area contributed by atoms with Gasteiger partial charge in [0, 0.05) is 13.1 Å². The van der Waals surface area contributed by atoms with Crippen LogP contribution in [0.25, 0.3) is 0 Å². The Balaban J connectivity index is 2.20. The Bertz CT molecular complexity index is 336. The van der Waals surface area contributed by atoms with E-state index in [1.54, 1.807) is 0 Å². The fourth-order valence-corrected chi connectivity index (χ4v) is 2.13. The van der Waals surface area contributed by atoms with Gasteiger partial charge in [-0.2, -0.15) is 0 Å². The van der Waals surface area contributed by atoms with Crippen LogP contribution >= 0.6 is 0 Å². The lowest BCUT2D eigenvalue weighted by Crippen LogP contribution is -2.45. The van der Waals surface area contributed by atoms with E-state index in [1.807, 2.05) is 0 Å². The molecule has 1 heterocycles. The van der Waals surface area contributed by atoms with Crippen LogP contribution in [0.2, 0.25) is 0 Å². The van der Waals surface area contributed by atoms with Crippen LogP contribution in [0, 0.1) is 0 Å². The van der Waals surface area contributed by atoms with Crippen molar-refractivity contribution in [3.8, 4) is 0 Å². The second kappa shape index (κ2) is 4.56. The summed E-state index contributed by atoms with van der Waals surface area (Å²) in [5.74, 6) is 0.590. The molecule has 2 rings (SSSR count). The first kappa shape index (κ1) is 11.6. The van der Waals surface area contributed by atoms with E-state index in [9.17, 15) is 0 Å². The molecule has 2 nitrogen and oxygen atoms in total. The van der Waals surface area contributed by atoms with Crippen LogP contribution in [-0.4, -0.2) is 19.7 Å². The van der Waals surface area contributed by atoms with Gasteiger partial charge in [0.2, 0.25) is 0 Å². The molecule has 1 fully saturated rings. The lowest BCUT2D eigenvalue weighted by Gasteiger charge is -2.35. The summed E-state index contributed by atoms with van der Waals surface area (Å²) in [4.78, 5) is 0. The molecule has 1 saturated heterocycles. The van der Waals surface area contributed by atoms with Gasteiger partial charge in [-0.15, -0.1) is 0 Å². The first-order valence-electron chi connectivity index (χ1n) is 6.07. The van der Waals surface area contributed by atoms with E-state index in [4.69, 9.17) is 4.74 Å². The molecule has 1 aliphatic heterocycles. The zero-order chi connectivity index (χ0) is 11.6. The normalized spacial score (nSPS) is 26.0. The molecule has 0 bridgehead atoms. The predicted molar refractivity (Wildman–Crippen MR) is 66.7 cm³/mol. The number of nitrogens with one attached hydrogen (secondary N) is 1. The van der Waals surface area contributed by atoms with Gasteiger partial charge in [-0.05, 0) is 24.0 Å².